The quantitative estimate of drug-likeness (QED) is 0.642. The number of urea groups is 1. The van der Waals surface area contributed by atoms with Gasteiger partial charge in [0.05, 0.1) is 0 Å². The van der Waals surface area contributed by atoms with Crippen molar-refractivity contribution in [3.05, 3.63) is 0 Å². The standard InChI is InChI=1S/C10H20N2O/c1-4-6-11(3)10(13)12-7-5-9(2)8-12/h9H,4-8H2,1-3H3. The third kappa shape index (κ3) is 2.61. The summed E-state index contributed by atoms with van der Waals surface area (Å²) in [5.41, 5.74) is 0. The summed E-state index contributed by atoms with van der Waals surface area (Å²) in [6.07, 6.45) is 2.19. The molecule has 1 unspecified atom stereocenters. The lowest BCUT2D eigenvalue weighted by Crippen LogP contribution is -2.40. The molecule has 1 aliphatic rings. The van der Waals surface area contributed by atoms with Crippen molar-refractivity contribution in [2.45, 2.75) is 26.7 Å². The minimum atomic E-state index is 0.200. The maximum absolute atomic E-state index is 11.7. The molecule has 0 spiro atoms. The molecule has 1 heterocycles. The number of carbonyl (C=O) groups is 1. The molecule has 0 saturated carbocycles. The Morgan fingerprint density at radius 1 is 1.62 bits per heavy atom. The van der Waals surface area contributed by atoms with Gasteiger partial charge in [-0.25, -0.2) is 4.79 Å². The lowest BCUT2D eigenvalue weighted by molar-refractivity contribution is 0.172. The van der Waals surface area contributed by atoms with Gasteiger partial charge in [-0.1, -0.05) is 13.8 Å². The Kier molecular flexibility index (Phi) is 3.58. The summed E-state index contributed by atoms with van der Waals surface area (Å²) in [6.45, 7) is 7.04. The summed E-state index contributed by atoms with van der Waals surface area (Å²) in [5, 5.41) is 0. The fourth-order valence-corrected chi connectivity index (χ4v) is 1.78. The predicted octanol–water partition coefficient (Wildman–Crippen LogP) is 1.79. The van der Waals surface area contributed by atoms with Crippen LogP contribution in [0.4, 0.5) is 4.79 Å². The number of hydrogen-bond donors (Lipinski definition) is 0. The number of likely N-dealkylation sites (tertiary alicyclic amines) is 1. The van der Waals surface area contributed by atoms with Gasteiger partial charge < -0.3 is 9.80 Å². The number of nitrogens with zero attached hydrogens (tertiary/aromatic N) is 2. The van der Waals surface area contributed by atoms with Crippen molar-refractivity contribution < 1.29 is 4.79 Å². The first-order valence-corrected chi connectivity index (χ1v) is 5.15. The van der Waals surface area contributed by atoms with E-state index < -0.39 is 0 Å². The fraction of sp³-hybridized carbons (Fsp3) is 0.900. The van der Waals surface area contributed by atoms with E-state index in [2.05, 4.69) is 13.8 Å². The van der Waals surface area contributed by atoms with Gasteiger partial charge in [0.1, 0.15) is 0 Å². The maximum Gasteiger partial charge on any atom is 0.319 e. The van der Waals surface area contributed by atoms with Crippen LogP contribution in [-0.2, 0) is 0 Å². The van der Waals surface area contributed by atoms with Crippen LogP contribution in [0.1, 0.15) is 26.7 Å². The second kappa shape index (κ2) is 4.49. The highest BCUT2D eigenvalue weighted by molar-refractivity contribution is 5.74. The highest BCUT2D eigenvalue weighted by atomic mass is 16.2. The topological polar surface area (TPSA) is 23.6 Å². The number of amides is 2. The molecule has 0 bridgehead atoms. The summed E-state index contributed by atoms with van der Waals surface area (Å²) >= 11 is 0. The molecule has 3 heteroatoms. The maximum atomic E-state index is 11.7. The summed E-state index contributed by atoms with van der Waals surface area (Å²) in [6, 6.07) is 0.200. The lowest BCUT2D eigenvalue weighted by Gasteiger charge is -2.24. The van der Waals surface area contributed by atoms with Gasteiger partial charge in [0.25, 0.3) is 0 Å². The Morgan fingerprint density at radius 2 is 2.31 bits per heavy atom. The molecule has 1 fully saturated rings. The molecule has 13 heavy (non-hydrogen) atoms. The molecule has 1 rings (SSSR count). The normalized spacial score (nSPS) is 22.1. The Bertz CT molecular complexity index is 182. The van der Waals surface area contributed by atoms with E-state index in [1.54, 1.807) is 0 Å². The zero-order chi connectivity index (χ0) is 9.84. The first kappa shape index (κ1) is 10.4. The van der Waals surface area contributed by atoms with Crippen LogP contribution in [0, 0.1) is 5.92 Å². The molecule has 0 aromatic heterocycles. The van der Waals surface area contributed by atoms with Crippen LogP contribution in [0.5, 0.6) is 0 Å². The summed E-state index contributed by atoms with van der Waals surface area (Å²) in [7, 11) is 1.88. The smallest absolute Gasteiger partial charge is 0.319 e. The Labute approximate surface area is 80.7 Å². The summed E-state index contributed by atoms with van der Waals surface area (Å²) in [4.78, 5) is 15.5. The van der Waals surface area contributed by atoms with E-state index in [4.69, 9.17) is 0 Å². The zero-order valence-corrected chi connectivity index (χ0v) is 8.92. The second-order valence-corrected chi connectivity index (χ2v) is 4.04. The molecule has 0 aromatic carbocycles. The van der Waals surface area contributed by atoms with Gasteiger partial charge in [0.2, 0.25) is 0 Å². The van der Waals surface area contributed by atoms with E-state index in [0.717, 1.165) is 32.5 Å². The Morgan fingerprint density at radius 3 is 2.77 bits per heavy atom. The van der Waals surface area contributed by atoms with Crippen LogP contribution >= 0.6 is 0 Å². The Balaban J connectivity index is 2.38. The predicted molar refractivity (Wildman–Crippen MR) is 53.7 cm³/mol. The number of carbonyl (C=O) groups excluding carboxylic acids is 1. The first-order chi connectivity index (χ1) is 6.15. The SMILES string of the molecule is CCCN(C)C(=O)N1CCC(C)C1. The molecule has 1 aliphatic heterocycles. The van der Waals surface area contributed by atoms with Gasteiger partial charge in [0, 0.05) is 26.7 Å². The third-order valence-electron chi connectivity index (χ3n) is 2.58. The molecule has 2 amide bonds. The monoisotopic (exact) mass is 184 g/mol. The molecule has 0 aromatic rings. The average Bonchev–Trinajstić information content (AvgIpc) is 2.51. The van der Waals surface area contributed by atoms with Gasteiger partial charge in [-0.15, -0.1) is 0 Å². The number of hydrogen-bond acceptors (Lipinski definition) is 1. The molecule has 3 nitrogen and oxygen atoms in total. The molecule has 0 N–H and O–H groups in total. The van der Waals surface area contributed by atoms with Crippen molar-refractivity contribution in [1.29, 1.82) is 0 Å². The first-order valence-electron chi connectivity index (χ1n) is 5.15. The largest absolute Gasteiger partial charge is 0.328 e. The van der Waals surface area contributed by atoms with Crippen molar-refractivity contribution in [2.75, 3.05) is 26.7 Å². The van der Waals surface area contributed by atoms with Crippen molar-refractivity contribution in [3.8, 4) is 0 Å². The van der Waals surface area contributed by atoms with Crippen LogP contribution in [-0.4, -0.2) is 42.5 Å². The van der Waals surface area contributed by atoms with Crippen LogP contribution in [0.2, 0.25) is 0 Å². The van der Waals surface area contributed by atoms with Gasteiger partial charge in [-0.05, 0) is 18.8 Å². The highest BCUT2D eigenvalue weighted by Crippen LogP contribution is 2.16. The summed E-state index contributed by atoms with van der Waals surface area (Å²) in [5.74, 6) is 0.680. The van der Waals surface area contributed by atoms with E-state index >= 15 is 0 Å². The van der Waals surface area contributed by atoms with Crippen LogP contribution in [0.25, 0.3) is 0 Å². The van der Waals surface area contributed by atoms with Crippen LogP contribution in [0.15, 0.2) is 0 Å². The van der Waals surface area contributed by atoms with E-state index in [0.29, 0.717) is 5.92 Å². The molecule has 76 valence electrons. The number of rotatable bonds is 2. The molecular formula is C10H20N2O. The molecule has 1 atom stereocenters. The van der Waals surface area contributed by atoms with Gasteiger partial charge in [-0.3, -0.25) is 0 Å². The zero-order valence-electron chi connectivity index (χ0n) is 8.92. The van der Waals surface area contributed by atoms with Crippen molar-refractivity contribution in [1.82, 2.24) is 9.80 Å². The highest BCUT2D eigenvalue weighted by Gasteiger charge is 2.24. The molecule has 0 aliphatic carbocycles. The minimum absolute atomic E-state index is 0.200. The minimum Gasteiger partial charge on any atom is -0.328 e. The molecule has 0 radical (unpaired) electrons. The van der Waals surface area contributed by atoms with E-state index in [1.807, 2.05) is 16.8 Å². The summed E-state index contributed by atoms with van der Waals surface area (Å²) < 4.78 is 0. The van der Waals surface area contributed by atoms with Crippen LogP contribution in [0.3, 0.4) is 0 Å². The third-order valence-corrected chi connectivity index (χ3v) is 2.58. The van der Waals surface area contributed by atoms with Crippen molar-refractivity contribution >= 4 is 6.03 Å². The fourth-order valence-electron chi connectivity index (χ4n) is 1.78. The second-order valence-electron chi connectivity index (χ2n) is 4.04. The van der Waals surface area contributed by atoms with Crippen molar-refractivity contribution in [2.24, 2.45) is 5.92 Å². The lowest BCUT2D eigenvalue weighted by atomic mass is 10.2. The molecular weight excluding hydrogens is 164 g/mol. The average molecular weight is 184 g/mol. The van der Waals surface area contributed by atoms with E-state index in [-0.39, 0.29) is 6.03 Å². The van der Waals surface area contributed by atoms with Gasteiger partial charge in [-0.2, -0.15) is 0 Å². The van der Waals surface area contributed by atoms with Crippen LogP contribution < -0.4 is 0 Å². The van der Waals surface area contributed by atoms with Gasteiger partial charge in [0.15, 0.2) is 0 Å². The Hall–Kier alpha value is -0.730. The van der Waals surface area contributed by atoms with E-state index in [1.165, 1.54) is 0 Å². The van der Waals surface area contributed by atoms with Gasteiger partial charge >= 0.3 is 6.03 Å². The van der Waals surface area contributed by atoms with E-state index in [9.17, 15) is 4.79 Å². The molecule has 1 saturated heterocycles. The van der Waals surface area contributed by atoms with Crippen molar-refractivity contribution in [3.63, 3.8) is 0 Å².